The number of amides is 1. The molecule has 1 fully saturated rings. The Labute approximate surface area is 240 Å². The fourth-order valence-corrected chi connectivity index (χ4v) is 6.41. The van der Waals surface area contributed by atoms with E-state index in [2.05, 4.69) is 5.32 Å². The summed E-state index contributed by atoms with van der Waals surface area (Å²) in [5.41, 5.74) is 1.55. The first-order valence-electron chi connectivity index (χ1n) is 13.7. The van der Waals surface area contributed by atoms with Gasteiger partial charge in [0.15, 0.2) is 0 Å². The lowest BCUT2D eigenvalue weighted by molar-refractivity contribution is -0.149. The van der Waals surface area contributed by atoms with Crippen LogP contribution in [0.25, 0.3) is 0 Å². The van der Waals surface area contributed by atoms with Crippen molar-refractivity contribution in [1.29, 1.82) is 0 Å². The number of sulfonamides is 1. The first kappa shape index (κ1) is 30.2. The van der Waals surface area contributed by atoms with E-state index in [1.165, 1.54) is 12.1 Å². The van der Waals surface area contributed by atoms with Gasteiger partial charge in [-0.05, 0) is 68.1 Å². The van der Waals surface area contributed by atoms with Gasteiger partial charge in [0.05, 0.1) is 11.0 Å². The van der Waals surface area contributed by atoms with Gasteiger partial charge in [0.25, 0.3) is 0 Å². The summed E-state index contributed by atoms with van der Waals surface area (Å²) in [6.07, 6.45) is 1.60. The molecule has 0 aromatic heterocycles. The summed E-state index contributed by atoms with van der Waals surface area (Å²) in [6, 6.07) is 19.0. The third kappa shape index (κ3) is 8.14. The van der Waals surface area contributed by atoms with Crippen LogP contribution in [0.15, 0.2) is 83.8 Å². The number of halogens is 1. The second-order valence-corrected chi connectivity index (χ2v) is 12.1. The molecule has 1 aliphatic rings. The molecule has 10 heteroatoms. The summed E-state index contributed by atoms with van der Waals surface area (Å²) < 4.78 is 53.0. The second-order valence-electron chi connectivity index (χ2n) is 10.3. The number of carbonyl (C=O) groups excluding carboxylic acids is 2. The Morgan fingerprint density at radius 2 is 1.71 bits per heavy atom. The van der Waals surface area contributed by atoms with Gasteiger partial charge in [-0.3, -0.25) is 4.79 Å². The van der Waals surface area contributed by atoms with E-state index in [9.17, 15) is 22.4 Å². The monoisotopic (exact) mass is 582 g/mol. The average Bonchev–Trinajstić information content (AvgIpc) is 2.96. The van der Waals surface area contributed by atoms with Gasteiger partial charge in [0.2, 0.25) is 15.9 Å². The number of carbonyl (C=O) groups is 2. The Kier molecular flexibility index (Phi) is 10.1. The molecule has 1 N–H and O–H groups in total. The van der Waals surface area contributed by atoms with Crippen LogP contribution in [0.1, 0.15) is 44.2 Å². The van der Waals surface area contributed by atoms with Gasteiger partial charge >= 0.3 is 5.97 Å². The van der Waals surface area contributed by atoms with Crippen LogP contribution in [0.4, 0.5) is 4.39 Å². The lowest BCUT2D eigenvalue weighted by atomic mass is 10.0. The van der Waals surface area contributed by atoms with Crippen LogP contribution in [0.5, 0.6) is 5.75 Å². The van der Waals surface area contributed by atoms with E-state index in [1.807, 2.05) is 56.3 Å². The molecule has 0 aliphatic carbocycles. The van der Waals surface area contributed by atoms with Crippen LogP contribution in [0.2, 0.25) is 0 Å². The highest BCUT2D eigenvalue weighted by molar-refractivity contribution is 7.89. The van der Waals surface area contributed by atoms with E-state index in [-0.39, 0.29) is 37.0 Å². The van der Waals surface area contributed by atoms with Crippen molar-refractivity contribution >= 4 is 21.9 Å². The fourth-order valence-electron chi connectivity index (χ4n) is 4.72. The predicted octanol–water partition coefficient (Wildman–Crippen LogP) is 4.63. The largest absolute Gasteiger partial charge is 0.491 e. The Balaban J connectivity index is 1.54. The van der Waals surface area contributed by atoms with Crippen LogP contribution in [-0.2, 0) is 37.4 Å². The summed E-state index contributed by atoms with van der Waals surface area (Å²) in [5, 5.41) is 2.76. The Hall–Kier alpha value is -3.76. The van der Waals surface area contributed by atoms with E-state index >= 15 is 0 Å². The number of nitrogens with zero attached hydrogens (tertiary/aromatic N) is 1. The molecule has 1 unspecified atom stereocenters. The molecule has 1 heterocycles. The van der Waals surface area contributed by atoms with Crippen molar-refractivity contribution in [3.8, 4) is 5.75 Å². The second kappa shape index (κ2) is 13.7. The molecular weight excluding hydrogens is 547 g/mol. The number of ether oxygens (including phenoxy) is 2. The predicted molar refractivity (Wildman–Crippen MR) is 152 cm³/mol. The smallest absolute Gasteiger partial charge is 0.329 e. The highest BCUT2D eigenvalue weighted by atomic mass is 32.2. The van der Waals surface area contributed by atoms with Crippen LogP contribution >= 0.6 is 0 Å². The maximum absolute atomic E-state index is 13.8. The van der Waals surface area contributed by atoms with E-state index < -0.39 is 39.8 Å². The molecule has 0 radical (unpaired) electrons. The number of hydrogen-bond donors (Lipinski definition) is 1. The molecule has 218 valence electrons. The first-order valence-corrected chi connectivity index (χ1v) is 15.1. The van der Waals surface area contributed by atoms with Crippen molar-refractivity contribution in [1.82, 2.24) is 9.62 Å². The fraction of sp³-hybridized carbons (Fsp3) is 0.355. The van der Waals surface area contributed by atoms with Gasteiger partial charge in [-0.15, -0.1) is 0 Å². The van der Waals surface area contributed by atoms with E-state index in [1.54, 1.807) is 12.1 Å². The molecule has 0 bridgehead atoms. The van der Waals surface area contributed by atoms with Gasteiger partial charge in [0, 0.05) is 13.0 Å². The topological polar surface area (TPSA) is 102 Å². The van der Waals surface area contributed by atoms with E-state index in [4.69, 9.17) is 9.47 Å². The van der Waals surface area contributed by atoms with Crippen molar-refractivity contribution in [2.24, 2.45) is 0 Å². The van der Waals surface area contributed by atoms with Crippen molar-refractivity contribution in [3.05, 3.63) is 95.8 Å². The van der Waals surface area contributed by atoms with Crippen LogP contribution in [0, 0.1) is 5.82 Å². The Morgan fingerprint density at radius 1 is 0.976 bits per heavy atom. The van der Waals surface area contributed by atoms with Gasteiger partial charge in [-0.1, -0.05) is 55.0 Å². The quantitative estimate of drug-likeness (QED) is 0.331. The zero-order valence-corrected chi connectivity index (χ0v) is 24.0. The van der Waals surface area contributed by atoms with Crippen LogP contribution in [-0.4, -0.2) is 49.3 Å². The molecule has 3 aromatic carbocycles. The maximum atomic E-state index is 13.8. The Bertz CT molecular complexity index is 1430. The van der Waals surface area contributed by atoms with Gasteiger partial charge in [-0.2, -0.15) is 4.31 Å². The minimum Gasteiger partial charge on any atom is -0.491 e. The maximum Gasteiger partial charge on any atom is 0.329 e. The molecule has 4 rings (SSSR count). The number of piperidine rings is 1. The molecule has 41 heavy (non-hydrogen) atoms. The third-order valence-electron chi connectivity index (χ3n) is 6.72. The van der Waals surface area contributed by atoms with Gasteiger partial charge in [-0.25, -0.2) is 17.6 Å². The van der Waals surface area contributed by atoms with Crippen molar-refractivity contribution in [2.45, 2.75) is 69.2 Å². The highest BCUT2D eigenvalue weighted by Crippen LogP contribution is 2.26. The lowest BCUT2D eigenvalue weighted by Gasteiger charge is -2.34. The zero-order valence-electron chi connectivity index (χ0n) is 23.2. The number of hydrogen-bond acceptors (Lipinski definition) is 6. The summed E-state index contributed by atoms with van der Waals surface area (Å²) in [6.45, 7) is 3.98. The normalized spacial score (nSPS) is 16.6. The van der Waals surface area contributed by atoms with Crippen molar-refractivity contribution < 1.29 is 31.9 Å². The van der Waals surface area contributed by atoms with E-state index in [0.29, 0.717) is 18.6 Å². The standard InChI is InChI=1S/C31H35FN2O6S/c1-22(2)40-26-16-14-23(15-17-26)19-28(31(36)39-21-24-9-4-3-5-10-24)33-30(35)29-13-6-7-18-34(29)41(37,38)27-12-8-11-25(32)20-27/h3-5,8-12,14-17,20,22,28-29H,6-7,13,18-19,21H2,1-2H3,(H,33,35)/t28-,29?/m0/s1. The molecule has 0 spiro atoms. The van der Waals surface area contributed by atoms with Crippen molar-refractivity contribution in [2.75, 3.05) is 6.54 Å². The first-order chi connectivity index (χ1) is 19.6. The van der Waals surface area contributed by atoms with Crippen LogP contribution < -0.4 is 10.1 Å². The molecule has 2 atom stereocenters. The number of rotatable bonds is 11. The third-order valence-corrected chi connectivity index (χ3v) is 8.62. The lowest BCUT2D eigenvalue weighted by Crippen LogP contribution is -2.55. The molecule has 1 amide bonds. The van der Waals surface area contributed by atoms with E-state index in [0.717, 1.165) is 27.6 Å². The van der Waals surface area contributed by atoms with Gasteiger partial charge < -0.3 is 14.8 Å². The molecule has 1 aliphatic heterocycles. The minimum absolute atomic E-state index is 0.00273. The number of nitrogens with one attached hydrogen (secondary N) is 1. The summed E-state index contributed by atoms with van der Waals surface area (Å²) in [7, 11) is -4.15. The minimum atomic E-state index is -4.15. The zero-order chi connectivity index (χ0) is 29.4. The molecule has 0 saturated carbocycles. The van der Waals surface area contributed by atoms with Crippen LogP contribution in [0.3, 0.4) is 0 Å². The SMILES string of the molecule is CC(C)Oc1ccc(C[C@H](NC(=O)C2CCCCN2S(=O)(=O)c2cccc(F)c2)C(=O)OCc2ccccc2)cc1. The Morgan fingerprint density at radius 3 is 2.39 bits per heavy atom. The van der Waals surface area contributed by atoms with Gasteiger partial charge in [0.1, 0.15) is 30.3 Å². The number of esters is 1. The molecular formula is C31H35FN2O6S. The molecule has 1 saturated heterocycles. The highest BCUT2D eigenvalue weighted by Gasteiger charge is 2.39. The summed E-state index contributed by atoms with van der Waals surface area (Å²) in [5.74, 6) is -1.25. The summed E-state index contributed by atoms with van der Waals surface area (Å²) >= 11 is 0. The molecule has 3 aromatic rings. The summed E-state index contributed by atoms with van der Waals surface area (Å²) in [4.78, 5) is 26.6. The average molecular weight is 583 g/mol. The van der Waals surface area contributed by atoms with Crippen molar-refractivity contribution in [3.63, 3.8) is 0 Å². The molecule has 8 nitrogen and oxygen atoms in total. The number of benzene rings is 3.